The quantitative estimate of drug-likeness (QED) is 0.387. The Kier molecular flexibility index (Phi) is 7.19. The van der Waals surface area contributed by atoms with Gasteiger partial charge in [0.05, 0.1) is 25.1 Å². The number of carbonyl (C=O) groups is 1. The predicted molar refractivity (Wildman–Crippen MR) is 142 cm³/mol. The SMILES string of the molecule is COc1cc(-c2cnc3cc(OC4C[C@H]5CC[C@@H](C4)N5CCC#N)ccn23)cc(OC(F)F)c1C(=O)NC1CC1. The molecule has 1 saturated carbocycles. The van der Waals surface area contributed by atoms with Crippen molar-refractivity contribution in [2.24, 2.45) is 0 Å². The number of alkyl halides is 2. The molecule has 0 spiro atoms. The van der Waals surface area contributed by atoms with Gasteiger partial charge in [-0.15, -0.1) is 0 Å². The fourth-order valence-corrected chi connectivity index (χ4v) is 6.10. The molecule has 3 atom stereocenters. The molecule has 1 aromatic carbocycles. The molecule has 1 amide bonds. The smallest absolute Gasteiger partial charge is 0.387 e. The zero-order valence-corrected chi connectivity index (χ0v) is 22.2. The van der Waals surface area contributed by atoms with E-state index in [0.29, 0.717) is 41.2 Å². The van der Waals surface area contributed by atoms with E-state index in [2.05, 4.69) is 21.3 Å². The van der Waals surface area contributed by atoms with Crippen molar-refractivity contribution in [3.8, 4) is 34.6 Å². The predicted octanol–water partition coefficient (Wildman–Crippen LogP) is 4.79. The lowest BCUT2D eigenvalue weighted by molar-refractivity contribution is -0.0502. The Morgan fingerprint density at radius 2 is 1.93 bits per heavy atom. The third-order valence-electron chi connectivity index (χ3n) is 8.05. The fraction of sp³-hybridized carbons (Fsp3) is 0.483. The van der Waals surface area contributed by atoms with Crippen molar-refractivity contribution in [3.05, 3.63) is 42.2 Å². The summed E-state index contributed by atoms with van der Waals surface area (Å²) in [5.41, 5.74) is 1.71. The third kappa shape index (κ3) is 5.28. The van der Waals surface area contributed by atoms with Gasteiger partial charge in [0.15, 0.2) is 0 Å². The van der Waals surface area contributed by atoms with E-state index in [1.54, 1.807) is 12.3 Å². The molecule has 3 aliphatic rings. The molecule has 210 valence electrons. The maximum absolute atomic E-state index is 13.3. The zero-order chi connectivity index (χ0) is 27.8. The van der Waals surface area contributed by atoms with E-state index < -0.39 is 12.5 Å². The van der Waals surface area contributed by atoms with E-state index in [9.17, 15) is 13.6 Å². The number of piperidine rings is 1. The maximum Gasteiger partial charge on any atom is 0.387 e. The summed E-state index contributed by atoms with van der Waals surface area (Å²) in [5, 5.41) is 11.8. The first-order valence-corrected chi connectivity index (χ1v) is 13.7. The first-order chi connectivity index (χ1) is 19.4. The topological polar surface area (TPSA) is 101 Å². The van der Waals surface area contributed by atoms with E-state index in [1.807, 2.05) is 22.7 Å². The minimum atomic E-state index is -3.11. The Hall–Kier alpha value is -3.91. The minimum absolute atomic E-state index is 0.0396. The second kappa shape index (κ2) is 10.9. The van der Waals surface area contributed by atoms with Crippen molar-refractivity contribution >= 4 is 11.6 Å². The number of carbonyl (C=O) groups excluding carboxylic acids is 1. The van der Waals surface area contributed by atoms with Gasteiger partial charge in [-0.2, -0.15) is 14.0 Å². The molecule has 1 unspecified atom stereocenters. The third-order valence-corrected chi connectivity index (χ3v) is 8.05. The van der Waals surface area contributed by atoms with Crippen LogP contribution in [0.5, 0.6) is 17.2 Å². The van der Waals surface area contributed by atoms with Gasteiger partial charge < -0.3 is 19.5 Å². The first-order valence-electron chi connectivity index (χ1n) is 13.7. The number of aromatic nitrogens is 2. The van der Waals surface area contributed by atoms with Crippen molar-refractivity contribution < 1.29 is 27.8 Å². The highest BCUT2D eigenvalue weighted by Crippen LogP contribution is 2.39. The Morgan fingerprint density at radius 3 is 2.60 bits per heavy atom. The summed E-state index contributed by atoms with van der Waals surface area (Å²) in [5.74, 6) is 0.0850. The highest BCUT2D eigenvalue weighted by Gasteiger charge is 2.41. The number of fused-ring (bicyclic) bond motifs is 3. The number of benzene rings is 1. The monoisotopic (exact) mass is 551 g/mol. The van der Waals surface area contributed by atoms with Crippen LogP contribution >= 0.6 is 0 Å². The van der Waals surface area contributed by atoms with Crippen LogP contribution in [-0.2, 0) is 0 Å². The molecule has 1 aliphatic carbocycles. The maximum atomic E-state index is 13.3. The van der Waals surface area contributed by atoms with Crippen LogP contribution < -0.4 is 19.5 Å². The average Bonchev–Trinajstić information content (AvgIpc) is 3.59. The van der Waals surface area contributed by atoms with Gasteiger partial charge in [0.1, 0.15) is 34.6 Å². The second-order valence-electron chi connectivity index (χ2n) is 10.7. The van der Waals surface area contributed by atoms with Crippen LogP contribution in [-0.4, -0.2) is 64.7 Å². The lowest BCUT2D eigenvalue weighted by atomic mass is 9.99. The van der Waals surface area contributed by atoms with Crippen LogP contribution in [0.1, 0.15) is 55.3 Å². The number of rotatable bonds is 10. The average molecular weight is 552 g/mol. The van der Waals surface area contributed by atoms with Gasteiger partial charge in [0.2, 0.25) is 0 Å². The normalized spacial score (nSPS) is 22.3. The van der Waals surface area contributed by atoms with Gasteiger partial charge in [-0.05, 0) is 56.7 Å². The second-order valence-corrected chi connectivity index (χ2v) is 10.7. The molecule has 40 heavy (non-hydrogen) atoms. The number of ether oxygens (including phenoxy) is 3. The molecule has 2 aliphatic heterocycles. The van der Waals surface area contributed by atoms with Crippen molar-refractivity contribution in [2.75, 3.05) is 13.7 Å². The lowest BCUT2D eigenvalue weighted by Crippen LogP contribution is -2.46. The van der Waals surface area contributed by atoms with Crippen molar-refractivity contribution in [1.82, 2.24) is 19.6 Å². The molecule has 6 rings (SSSR count). The summed E-state index contributed by atoms with van der Waals surface area (Å²) < 4.78 is 45.1. The Balaban J connectivity index is 1.24. The van der Waals surface area contributed by atoms with Crippen molar-refractivity contribution in [3.63, 3.8) is 0 Å². The number of nitrogens with zero attached hydrogens (tertiary/aromatic N) is 4. The summed E-state index contributed by atoms with van der Waals surface area (Å²) in [6.07, 6.45) is 9.97. The molecule has 9 nitrogen and oxygen atoms in total. The number of amides is 1. The van der Waals surface area contributed by atoms with Gasteiger partial charge in [-0.3, -0.25) is 14.1 Å². The Morgan fingerprint density at radius 1 is 1.18 bits per heavy atom. The summed E-state index contributed by atoms with van der Waals surface area (Å²) in [4.78, 5) is 19.8. The molecule has 1 N–H and O–H groups in total. The number of nitrogens with one attached hydrogen (secondary N) is 1. The van der Waals surface area contributed by atoms with Crippen LogP contribution in [0.2, 0.25) is 0 Å². The van der Waals surface area contributed by atoms with E-state index in [0.717, 1.165) is 45.1 Å². The van der Waals surface area contributed by atoms with E-state index in [4.69, 9.17) is 19.5 Å². The molecule has 2 aromatic heterocycles. The molecule has 11 heteroatoms. The number of hydrogen-bond donors (Lipinski definition) is 1. The van der Waals surface area contributed by atoms with Crippen LogP contribution in [0.4, 0.5) is 8.78 Å². The van der Waals surface area contributed by atoms with Gasteiger partial charge in [-0.1, -0.05) is 0 Å². The van der Waals surface area contributed by atoms with E-state index >= 15 is 0 Å². The molecular weight excluding hydrogens is 520 g/mol. The van der Waals surface area contributed by atoms with Crippen LogP contribution in [0, 0.1) is 11.3 Å². The number of methoxy groups -OCH3 is 1. The van der Waals surface area contributed by atoms with Gasteiger partial charge in [0.25, 0.3) is 5.91 Å². The first kappa shape index (κ1) is 26.3. The lowest BCUT2D eigenvalue weighted by Gasteiger charge is -2.38. The minimum Gasteiger partial charge on any atom is -0.496 e. The standard InChI is InChI=1S/C29H31F2N5O4/c1-38-24-11-17(12-25(40-29(30)31)27(24)28(37)34-18-3-4-18)23-16-33-26-15-21(7-10-36(23)26)39-22-13-19-5-6-20(14-22)35(19)9-2-8-32/h7,10-12,15-16,18-20,22,29H,2-6,9,13-14H2,1H3,(H,34,37)/t19-,20+,22?. The molecular formula is C29H31F2N5O4. The Labute approximate surface area is 230 Å². The van der Waals surface area contributed by atoms with Crippen LogP contribution in [0.3, 0.4) is 0 Å². The summed E-state index contributed by atoms with van der Waals surface area (Å²) in [6.45, 7) is -2.29. The van der Waals surface area contributed by atoms with Gasteiger partial charge in [0, 0.05) is 48.9 Å². The molecule has 4 heterocycles. The fourth-order valence-electron chi connectivity index (χ4n) is 6.10. The number of halogens is 2. The van der Waals surface area contributed by atoms with Gasteiger partial charge >= 0.3 is 6.61 Å². The van der Waals surface area contributed by atoms with Crippen molar-refractivity contribution in [2.45, 2.75) is 75.8 Å². The number of hydrogen-bond acceptors (Lipinski definition) is 7. The molecule has 2 bridgehead atoms. The summed E-state index contributed by atoms with van der Waals surface area (Å²) >= 11 is 0. The molecule has 0 radical (unpaired) electrons. The van der Waals surface area contributed by atoms with Crippen LogP contribution in [0.15, 0.2) is 36.7 Å². The number of pyridine rings is 1. The van der Waals surface area contributed by atoms with E-state index in [-0.39, 0.29) is 29.2 Å². The largest absolute Gasteiger partial charge is 0.496 e. The molecule has 2 saturated heterocycles. The summed E-state index contributed by atoms with van der Waals surface area (Å²) in [6, 6.07) is 9.97. The van der Waals surface area contributed by atoms with Crippen LogP contribution in [0.25, 0.3) is 16.9 Å². The molecule has 3 aromatic rings. The highest BCUT2D eigenvalue weighted by atomic mass is 19.3. The summed E-state index contributed by atoms with van der Waals surface area (Å²) in [7, 11) is 1.39. The van der Waals surface area contributed by atoms with Gasteiger partial charge in [-0.25, -0.2) is 4.98 Å². The number of nitriles is 1. The molecule has 3 fully saturated rings. The highest BCUT2D eigenvalue weighted by molar-refractivity contribution is 6.01. The Bertz CT molecular complexity index is 1440. The zero-order valence-electron chi connectivity index (χ0n) is 22.2. The van der Waals surface area contributed by atoms with Crippen molar-refractivity contribution in [1.29, 1.82) is 5.26 Å². The number of imidazole rings is 1. The van der Waals surface area contributed by atoms with E-state index in [1.165, 1.54) is 13.2 Å².